The fourth-order valence-corrected chi connectivity index (χ4v) is 2.06. The largest absolute Gasteiger partial charge is 0.310 e. The van der Waals surface area contributed by atoms with Gasteiger partial charge in [-0.1, -0.05) is 23.8 Å². The summed E-state index contributed by atoms with van der Waals surface area (Å²) in [5, 5.41) is 3.25. The molecule has 0 saturated carbocycles. The van der Waals surface area contributed by atoms with Gasteiger partial charge in [0.1, 0.15) is 0 Å². The van der Waals surface area contributed by atoms with Gasteiger partial charge in [0.2, 0.25) is 0 Å². The van der Waals surface area contributed by atoms with Gasteiger partial charge in [0.05, 0.1) is 6.04 Å². The predicted octanol–water partition coefficient (Wildman–Crippen LogP) is 3.06. The van der Waals surface area contributed by atoms with Gasteiger partial charge in [-0.15, -0.1) is 6.58 Å². The first-order valence-electron chi connectivity index (χ1n) is 4.97. The molecule has 14 heavy (non-hydrogen) atoms. The third-order valence-corrected chi connectivity index (χ3v) is 2.60. The fraction of sp³-hybridized carbons (Fsp3) is 0.385. The van der Waals surface area contributed by atoms with Gasteiger partial charge in [-0.05, 0) is 44.5 Å². The Morgan fingerprint density at radius 1 is 1.21 bits per heavy atom. The molecule has 0 aromatic heterocycles. The summed E-state index contributed by atoms with van der Waals surface area (Å²) in [5.41, 5.74) is 5.35. The molecule has 0 aliphatic heterocycles. The van der Waals surface area contributed by atoms with Crippen LogP contribution in [0.25, 0.3) is 0 Å². The van der Waals surface area contributed by atoms with E-state index in [4.69, 9.17) is 0 Å². The number of aryl methyl sites for hydroxylation is 3. The summed E-state index contributed by atoms with van der Waals surface area (Å²) < 4.78 is 0. The van der Waals surface area contributed by atoms with Crippen LogP contribution >= 0.6 is 0 Å². The zero-order valence-corrected chi connectivity index (χ0v) is 9.52. The molecule has 76 valence electrons. The molecule has 0 heterocycles. The highest BCUT2D eigenvalue weighted by atomic mass is 14.9. The first-order chi connectivity index (χ1) is 6.60. The third-order valence-electron chi connectivity index (χ3n) is 2.60. The molecule has 1 unspecified atom stereocenters. The van der Waals surface area contributed by atoms with E-state index in [1.165, 1.54) is 22.3 Å². The molecule has 1 nitrogen and oxygen atoms in total. The standard InChI is InChI=1S/C13H19N/c1-6-12(14-5)13-10(3)7-9(2)8-11(13)4/h6-8,12,14H,1H2,2-5H3. The first kappa shape index (κ1) is 11.0. The molecular weight excluding hydrogens is 170 g/mol. The molecule has 0 amide bonds. The minimum atomic E-state index is 0.260. The molecule has 1 heteroatoms. The van der Waals surface area contributed by atoms with E-state index in [1.807, 2.05) is 13.1 Å². The Bertz CT molecular complexity index is 316. The molecule has 1 N–H and O–H groups in total. The Hall–Kier alpha value is -1.08. The van der Waals surface area contributed by atoms with E-state index in [9.17, 15) is 0 Å². The second-order valence-electron chi connectivity index (χ2n) is 3.81. The summed E-state index contributed by atoms with van der Waals surface area (Å²) in [6.07, 6.45) is 1.95. The number of likely N-dealkylation sites (N-methyl/N-ethyl adjacent to an activating group) is 1. The average molecular weight is 189 g/mol. The molecule has 0 spiro atoms. The highest BCUT2D eigenvalue weighted by Crippen LogP contribution is 2.23. The summed E-state index contributed by atoms with van der Waals surface area (Å²) in [5.74, 6) is 0. The summed E-state index contributed by atoms with van der Waals surface area (Å²) in [4.78, 5) is 0. The van der Waals surface area contributed by atoms with Crippen LogP contribution in [0.3, 0.4) is 0 Å². The van der Waals surface area contributed by atoms with Gasteiger partial charge in [0.15, 0.2) is 0 Å². The topological polar surface area (TPSA) is 12.0 Å². The third kappa shape index (κ3) is 2.05. The van der Waals surface area contributed by atoms with Crippen molar-refractivity contribution in [1.29, 1.82) is 0 Å². The van der Waals surface area contributed by atoms with Crippen LogP contribution in [-0.2, 0) is 0 Å². The van der Waals surface area contributed by atoms with Crippen molar-refractivity contribution >= 4 is 0 Å². The van der Waals surface area contributed by atoms with Gasteiger partial charge < -0.3 is 5.32 Å². The minimum Gasteiger partial charge on any atom is -0.310 e. The number of hydrogen-bond acceptors (Lipinski definition) is 1. The second kappa shape index (κ2) is 4.43. The molecule has 1 aromatic carbocycles. The van der Waals surface area contributed by atoms with Crippen LogP contribution < -0.4 is 5.32 Å². The maximum absolute atomic E-state index is 3.85. The van der Waals surface area contributed by atoms with Crippen LogP contribution in [0.5, 0.6) is 0 Å². The molecule has 0 fully saturated rings. The number of nitrogens with one attached hydrogen (secondary N) is 1. The van der Waals surface area contributed by atoms with Gasteiger partial charge in [-0.3, -0.25) is 0 Å². The van der Waals surface area contributed by atoms with E-state index in [-0.39, 0.29) is 6.04 Å². The van der Waals surface area contributed by atoms with Crippen LogP contribution in [0.2, 0.25) is 0 Å². The normalized spacial score (nSPS) is 12.6. The number of benzene rings is 1. The summed E-state index contributed by atoms with van der Waals surface area (Å²) >= 11 is 0. The lowest BCUT2D eigenvalue weighted by Gasteiger charge is -2.18. The Balaban J connectivity index is 3.25. The van der Waals surface area contributed by atoms with Crippen molar-refractivity contribution in [3.05, 3.63) is 47.0 Å². The van der Waals surface area contributed by atoms with Gasteiger partial charge in [-0.2, -0.15) is 0 Å². The first-order valence-corrected chi connectivity index (χ1v) is 4.97. The monoisotopic (exact) mass is 189 g/mol. The van der Waals surface area contributed by atoms with Crippen molar-refractivity contribution in [3.8, 4) is 0 Å². The molecule has 1 aromatic rings. The zero-order chi connectivity index (χ0) is 10.7. The Kier molecular flexibility index (Phi) is 3.48. The van der Waals surface area contributed by atoms with Crippen LogP contribution in [0.1, 0.15) is 28.3 Å². The van der Waals surface area contributed by atoms with Crippen molar-refractivity contribution in [3.63, 3.8) is 0 Å². The average Bonchev–Trinajstić information content (AvgIpc) is 2.10. The minimum absolute atomic E-state index is 0.260. The fourth-order valence-electron chi connectivity index (χ4n) is 2.06. The second-order valence-corrected chi connectivity index (χ2v) is 3.81. The van der Waals surface area contributed by atoms with Crippen LogP contribution in [0.15, 0.2) is 24.8 Å². The van der Waals surface area contributed by atoms with E-state index in [0.29, 0.717) is 0 Å². The van der Waals surface area contributed by atoms with Gasteiger partial charge in [0, 0.05) is 0 Å². The van der Waals surface area contributed by atoms with Crippen molar-refractivity contribution in [2.45, 2.75) is 26.8 Å². The van der Waals surface area contributed by atoms with Crippen LogP contribution in [0, 0.1) is 20.8 Å². The molecule has 0 aliphatic carbocycles. The summed E-state index contributed by atoms with van der Waals surface area (Å²) in [6.45, 7) is 10.3. The van der Waals surface area contributed by atoms with Crippen molar-refractivity contribution in [2.75, 3.05) is 7.05 Å². The van der Waals surface area contributed by atoms with Crippen molar-refractivity contribution in [2.24, 2.45) is 0 Å². The zero-order valence-electron chi connectivity index (χ0n) is 9.52. The molecule has 0 bridgehead atoms. The molecular formula is C13H19N. The lowest BCUT2D eigenvalue weighted by Crippen LogP contribution is -2.16. The van der Waals surface area contributed by atoms with Crippen molar-refractivity contribution in [1.82, 2.24) is 5.32 Å². The van der Waals surface area contributed by atoms with E-state index in [0.717, 1.165) is 0 Å². The highest BCUT2D eigenvalue weighted by Gasteiger charge is 2.10. The van der Waals surface area contributed by atoms with E-state index >= 15 is 0 Å². The predicted molar refractivity (Wildman–Crippen MR) is 62.7 cm³/mol. The molecule has 1 atom stereocenters. The van der Waals surface area contributed by atoms with E-state index < -0.39 is 0 Å². The molecule has 1 rings (SSSR count). The summed E-state index contributed by atoms with van der Waals surface area (Å²) in [6, 6.07) is 4.70. The van der Waals surface area contributed by atoms with Crippen LogP contribution in [-0.4, -0.2) is 7.05 Å². The number of hydrogen-bond donors (Lipinski definition) is 1. The van der Waals surface area contributed by atoms with Gasteiger partial charge in [0.25, 0.3) is 0 Å². The highest BCUT2D eigenvalue weighted by molar-refractivity contribution is 5.41. The quantitative estimate of drug-likeness (QED) is 0.721. The summed E-state index contributed by atoms with van der Waals surface area (Å²) in [7, 11) is 1.96. The van der Waals surface area contributed by atoms with Gasteiger partial charge in [-0.25, -0.2) is 0 Å². The Labute approximate surface area is 86.8 Å². The smallest absolute Gasteiger partial charge is 0.0506 e. The van der Waals surface area contributed by atoms with Crippen LogP contribution in [0.4, 0.5) is 0 Å². The molecule has 0 saturated heterocycles. The lowest BCUT2D eigenvalue weighted by atomic mass is 9.94. The van der Waals surface area contributed by atoms with E-state index in [2.05, 4.69) is 44.8 Å². The Morgan fingerprint density at radius 3 is 2.07 bits per heavy atom. The van der Waals surface area contributed by atoms with E-state index in [1.54, 1.807) is 0 Å². The number of rotatable bonds is 3. The van der Waals surface area contributed by atoms with Crippen molar-refractivity contribution < 1.29 is 0 Å². The van der Waals surface area contributed by atoms with Gasteiger partial charge >= 0.3 is 0 Å². The lowest BCUT2D eigenvalue weighted by molar-refractivity contribution is 0.706. The maximum atomic E-state index is 3.85. The Morgan fingerprint density at radius 2 is 1.71 bits per heavy atom. The SMILES string of the molecule is C=CC(NC)c1c(C)cc(C)cc1C. The molecule has 0 aliphatic rings. The molecule has 0 radical (unpaired) electrons. The maximum Gasteiger partial charge on any atom is 0.0506 e.